The van der Waals surface area contributed by atoms with Gasteiger partial charge < -0.3 is 9.80 Å². The number of halogens is 1. The van der Waals surface area contributed by atoms with Gasteiger partial charge in [-0.1, -0.05) is 43.0 Å². The zero-order valence-electron chi connectivity index (χ0n) is 16.6. The number of pyridine rings is 1. The lowest BCUT2D eigenvalue weighted by Crippen LogP contribution is -2.52. The van der Waals surface area contributed by atoms with Gasteiger partial charge in [-0.25, -0.2) is 15.5 Å². The number of guanidine groups is 1. The van der Waals surface area contributed by atoms with Gasteiger partial charge in [-0.15, -0.1) is 0 Å². The van der Waals surface area contributed by atoms with Crippen LogP contribution in [0, 0.1) is 0 Å². The average Bonchev–Trinajstić information content (AvgIpc) is 2.79. The molecule has 29 heavy (non-hydrogen) atoms. The lowest BCUT2D eigenvalue weighted by Gasteiger charge is -2.36. The lowest BCUT2D eigenvalue weighted by atomic mass is 9.84. The largest absolute Gasteiger partial charge is 0.352 e. The van der Waals surface area contributed by atoms with Crippen molar-refractivity contribution in [3.63, 3.8) is 0 Å². The minimum Gasteiger partial charge on any atom is -0.352 e. The van der Waals surface area contributed by atoms with Crippen molar-refractivity contribution < 1.29 is 5.21 Å². The first kappa shape index (κ1) is 20.0. The van der Waals surface area contributed by atoms with Gasteiger partial charge in [0.2, 0.25) is 5.96 Å². The van der Waals surface area contributed by atoms with Crippen molar-refractivity contribution in [2.45, 2.75) is 38.0 Å². The molecule has 1 aliphatic carbocycles. The van der Waals surface area contributed by atoms with E-state index in [-0.39, 0.29) is 0 Å². The minimum atomic E-state index is 0.474. The molecular formula is C22H28ClN5O. The lowest BCUT2D eigenvalue weighted by molar-refractivity contribution is 0.207. The number of benzene rings is 1. The zero-order chi connectivity index (χ0) is 20.1. The van der Waals surface area contributed by atoms with E-state index in [1.165, 1.54) is 37.7 Å². The monoisotopic (exact) mass is 413 g/mol. The Labute approximate surface area is 177 Å². The van der Waals surface area contributed by atoms with Crippen LogP contribution in [0.4, 0.5) is 11.5 Å². The van der Waals surface area contributed by atoms with Crippen LogP contribution >= 0.6 is 11.6 Å². The van der Waals surface area contributed by atoms with Crippen LogP contribution in [0.1, 0.15) is 43.6 Å². The molecule has 1 saturated heterocycles. The quantitative estimate of drug-likeness (QED) is 0.438. The third-order valence-corrected chi connectivity index (χ3v) is 6.22. The summed E-state index contributed by atoms with van der Waals surface area (Å²) in [5, 5.41) is 10.3. The topological polar surface area (TPSA) is 64.0 Å². The summed E-state index contributed by atoms with van der Waals surface area (Å²) in [5.41, 5.74) is 4.53. The Morgan fingerprint density at radius 2 is 1.76 bits per heavy atom. The van der Waals surface area contributed by atoms with E-state index in [1.54, 1.807) is 6.20 Å². The number of hydrogen-bond donors (Lipinski definition) is 2. The number of rotatable bonds is 3. The SMILES string of the molecule is ONC(=Nc1ccc(C2CCCCC2)cc1)N1CCN(c2ncccc2Cl)CC1. The second kappa shape index (κ2) is 9.46. The van der Waals surface area contributed by atoms with Crippen molar-refractivity contribution in [1.29, 1.82) is 0 Å². The summed E-state index contributed by atoms with van der Waals surface area (Å²) >= 11 is 6.27. The van der Waals surface area contributed by atoms with Gasteiger partial charge >= 0.3 is 0 Å². The number of hydroxylamine groups is 1. The first-order valence-corrected chi connectivity index (χ1v) is 10.8. The fourth-order valence-corrected chi connectivity index (χ4v) is 4.53. The second-order valence-corrected chi connectivity index (χ2v) is 8.16. The van der Waals surface area contributed by atoms with Crippen molar-refractivity contribution in [3.05, 3.63) is 53.2 Å². The minimum absolute atomic E-state index is 0.474. The van der Waals surface area contributed by atoms with Gasteiger partial charge in [0.05, 0.1) is 10.7 Å². The van der Waals surface area contributed by atoms with Gasteiger partial charge in [0.1, 0.15) is 5.82 Å². The molecule has 2 aliphatic rings. The molecule has 1 aromatic carbocycles. The summed E-state index contributed by atoms with van der Waals surface area (Å²) in [4.78, 5) is 13.2. The Kier molecular flexibility index (Phi) is 6.52. The van der Waals surface area contributed by atoms with E-state index in [0.29, 0.717) is 16.9 Å². The Hall–Kier alpha value is -2.31. The van der Waals surface area contributed by atoms with Gasteiger partial charge in [0.15, 0.2) is 0 Å². The van der Waals surface area contributed by atoms with E-state index in [4.69, 9.17) is 11.6 Å². The number of nitrogens with one attached hydrogen (secondary N) is 1. The van der Waals surface area contributed by atoms with Crippen molar-refractivity contribution in [1.82, 2.24) is 15.4 Å². The Bertz CT molecular complexity index is 827. The van der Waals surface area contributed by atoms with E-state index < -0.39 is 0 Å². The molecule has 0 amide bonds. The number of aliphatic imine (C=N–C) groups is 1. The summed E-state index contributed by atoms with van der Waals surface area (Å²) in [6, 6.07) is 12.2. The summed E-state index contributed by atoms with van der Waals surface area (Å²) < 4.78 is 0. The molecule has 1 saturated carbocycles. The van der Waals surface area contributed by atoms with Crippen LogP contribution in [0.2, 0.25) is 5.02 Å². The van der Waals surface area contributed by atoms with Crippen LogP contribution in [-0.4, -0.2) is 47.2 Å². The van der Waals surface area contributed by atoms with Gasteiger partial charge in [-0.2, -0.15) is 0 Å². The van der Waals surface area contributed by atoms with Crippen molar-refractivity contribution in [3.8, 4) is 0 Å². The zero-order valence-corrected chi connectivity index (χ0v) is 17.4. The summed E-state index contributed by atoms with van der Waals surface area (Å²) in [7, 11) is 0. The van der Waals surface area contributed by atoms with Gasteiger partial charge in [0, 0.05) is 32.4 Å². The molecule has 4 rings (SSSR count). The molecule has 2 aromatic rings. The molecule has 1 aliphatic heterocycles. The third kappa shape index (κ3) is 4.82. The molecule has 0 unspecified atom stereocenters. The van der Waals surface area contributed by atoms with Crippen LogP contribution in [0.3, 0.4) is 0 Å². The predicted molar refractivity (Wildman–Crippen MR) is 117 cm³/mol. The first-order valence-electron chi connectivity index (χ1n) is 10.4. The number of nitrogens with zero attached hydrogens (tertiary/aromatic N) is 4. The molecule has 0 spiro atoms. The first-order chi connectivity index (χ1) is 14.2. The highest BCUT2D eigenvalue weighted by atomic mass is 35.5. The maximum Gasteiger partial charge on any atom is 0.223 e. The number of hydrogen-bond acceptors (Lipinski definition) is 4. The van der Waals surface area contributed by atoms with E-state index >= 15 is 0 Å². The summed E-state index contributed by atoms with van der Waals surface area (Å²) in [6.45, 7) is 2.97. The van der Waals surface area contributed by atoms with Crippen molar-refractivity contribution in [2.75, 3.05) is 31.1 Å². The van der Waals surface area contributed by atoms with E-state index in [2.05, 4.69) is 32.5 Å². The molecule has 1 aromatic heterocycles. The highest BCUT2D eigenvalue weighted by molar-refractivity contribution is 6.32. The molecule has 0 atom stereocenters. The standard InChI is InChI=1S/C22H28ClN5O/c23-20-7-4-12-24-21(20)27-13-15-28(16-14-27)22(26-29)25-19-10-8-18(9-11-19)17-5-2-1-3-6-17/h4,7-12,17,29H,1-3,5-6,13-16H2,(H,25,26). The third-order valence-electron chi connectivity index (χ3n) is 5.92. The van der Waals surface area contributed by atoms with Crippen LogP contribution < -0.4 is 10.4 Å². The highest BCUT2D eigenvalue weighted by Crippen LogP contribution is 2.33. The molecule has 6 nitrogen and oxygen atoms in total. The second-order valence-electron chi connectivity index (χ2n) is 7.76. The molecule has 2 heterocycles. The van der Waals surface area contributed by atoms with Crippen molar-refractivity contribution in [2.24, 2.45) is 4.99 Å². The fourth-order valence-electron chi connectivity index (χ4n) is 4.29. The molecular weight excluding hydrogens is 386 g/mol. The fraction of sp³-hybridized carbons (Fsp3) is 0.455. The Morgan fingerprint density at radius 1 is 1.03 bits per heavy atom. The molecule has 154 valence electrons. The number of piperazine rings is 1. The van der Waals surface area contributed by atoms with Gasteiger partial charge in [0.25, 0.3) is 0 Å². The van der Waals surface area contributed by atoms with Crippen molar-refractivity contribution >= 4 is 29.1 Å². The van der Waals surface area contributed by atoms with Crippen LogP contribution in [0.5, 0.6) is 0 Å². The maximum absolute atomic E-state index is 9.66. The van der Waals surface area contributed by atoms with Gasteiger partial charge in [-0.05, 0) is 48.6 Å². The Balaban J connectivity index is 1.40. The summed E-state index contributed by atoms with van der Waals surface area (Å²) in [5.74, 6) is 1.97. The maximum atomic E-state index is 9.66. The van der Waals surface area contributed by atoms with Gasteiger partial charge in [-0.3, -0.25) is 5.21 Å². The normalized spacial score (nSPS) is 18.8. The molecule has 2 N–H and O–H groups in total. The number of aromatic nitrogens is 1. The average molecular weight is 414 g/mol. The van der Waals surface area contributed by atoms with E-state index in [1.807, 2.05) is 29.2 Å². The van der Waals surface area contributed by atoms with Crippen LogP contribution in [-0.2, 0) is 0 Å². The summed E-state index contributed by atoms with van der Waals surface area (Å²) in [6.07, 6.45) is 8.36. The Morgan fingerprint density at radius 3 is 2.41 bits per heavy atom. The molecule has 0 radical (unpaired) electrons. The molecule has 0 bridgehead atoms. The predicted octanol–water partition coefficient (Wildman–Crippen LogP) is 4.57. The molecule has 2 fully saturated rings. The van der Waals surface area contributed by atoms with E-state index in [0.717, 1.165) is 37.7 Å². The molecule has 7 heteroatoms. The van der Waals surface area contributed by atoms with Crippen LogP contribution in [0.15, 0.2) is 47.6 Å². The smallest absolute Gasteiger partial charge is 0.223 e. The number of anilines is 1. The van der Waals surface area contributed by atoms with E-state index in [9.17, 15) is 5.21 Å². The highest BCUT2D eigenvalue weighted by Gasteiger charge is 2.22. The van der Waals surface area contributed by atoms with Crippen LogP contribution in [0.25, 0.3) is 0 Å².